The summed E-state index contributed by atoms with van der Waals surface area (Å²) in [6, 6.07) is 0. The summed E-state index contributed by atoms with van der Waals surface area (Å²) in [6.07, 6.45) is 10.9. The Bertz CT molecular complexity index is 1200. The van der Waals surface area contributed by atoms with Gasteiger partial charge in [-0.25, -0.2) is 0 Å². The van der Waals surface area contributed by atoms with Gasteiger partial charge in [0.25, 0.3) is 0 Å². The molecule has 9 nitrogen and oxygen atoms in total. The van der Waals surface area contributed by atoms with Crippen molar-refractivity contribution in [1.29, 1.82) is 0 Å². The van der Waals surface area contributed by atoms with E-state index in [2.05, 4.69) is 51.3 Å². The van der Waals surface area contributed by atoms with Crippen LogP contribution in [0.15, 0.2) is 0 Å². The number of morpholine rings is 2. The monoisotopic (exact) mass is 749 g/mol. The largest absolute Gasteiger partial charge is 0.393 e. The summed E-state index contributed by atoms with van der Waals surface area (Å²) in [6.45, 7) is 29.2. The van der Waals surface area contributed by atoms with E-state index in [9.17, 15) is 10.2 Å². The molecule has 4 saturated carbocycles. The molecule has 6 rings (SSSR count). The van der Waals surface area contributed by atoms with E-state index in [1.165, 1.54) is 38.5 Å². The molecule has 2 N–H and O–H groups in total. The molecular weight excluding hydrogens is 668 g/mol. The number of rotatable bonds is 16. The van der Waals surface area contributed by atoms with Crippen molar-refractivity contribution < 1.29 is 33.9 Å². The zero-order valence-electron chi connectivity index (χ0n) is 35.6. The molecule has 4 aliphatic carbocycles. The van der Waals surface area contributed by atoms with Crippen molar-refractivity contribution in [2.45, 2.75) is 163 Å². The molecule has 0 amide bonds. The molecule has 1 unspecified atom stereocenters. The zero-order valence-corrected chi connectivity index (χ0v) is 35.6. The van der Waals surface area contributed by atoms with Crippen LogP contribution in [0.4, 0.5) is 0 Å². The van der Waals surface area contributed by atoms with Gasteiger partial charge in [0.2, 0.25) is 0 Å². The lowest BCUT2D eigenvalue weighted by Gasteiger charge is -2.55. The fraction of sp³-hybridized carbons (Fsp3) is 1.00. The van der Waals surface area contributed by atoms with Gasteiger partial charge in [0.1, 0.15) is 6.10 Å². The zero-order chi connectivity index (χ0) is 38.5. The summed E-state index contributed by atoms with van der Waals surface area (Å²) < 4.78 is 30.9. The van der Waals surface area contributed by atoms with Crippen LogP contribution in [-0.2, 0) is 23.7 Å². The third-order valence-corrected chi connectivity index (χ3v) is 16.9. The Morgan fingerprint density at radius 3 is 2.32 bits per heavy atom. The van der Waals surface area contributed by atoms with Crippen LogP contribution in [-0.4, -0.2) is 129 Å². The van der Waals surface area contributed by atoms with Crippen molar-refractivity contribution in [1.82, 2.24) is 9.80 Å². The Balaban J connectivity index is 1.10. The third kappa shape index (κ3) is 8.06. The van der Waals surface area contributed by atoms with Gasteiger partial charge in [-0.05, 0) is 123 Å². The number of aliphatic hydroxyl groups is 2. The SMILES string of the molecule is CCO[C@@H](C(C[C@@H](C)[C@H]1C[C@H](O)C(C)(C)[C@]1(C)CC[C@]12CCC[C@H]3C(C)(C)[C@@H](O[C@H]4CN(CCN5CCOCC5)CCO4)CC[C@@]31C2)OC)C(C)(C)O. The first-order chi connectivity index (χ1) is 24.9. The minimum atomic E-state index is -1.00. The van der Waals surface area contributed by atoms with Gasteiger partial charge >= 0.3 is 0 Å². The molecule has 0 aromatic heterocycles. The number of methoxy groups -OCH3 is 1. The minimum absolute atomic E-state index is 0.00670. The summed E-state index contributed by atoms with van der Waals surface area (Å²) >= 11 is 0. The average molecular weight is 749 g/mol. The molecule has 2 saturated heterocycles. The molecule has 6 aliphatic rings. The highest BCUT2D eigenvalue weighted by Crippen LogP contribution is 2.82. The van der Waals surface area contributed by atoms with Gasteiger partial charge in [0.05, 0.1) is 43.7 Å². The summed E-state index contributed by atoms with van der Waals surface area (Å²) in [4.78, 5) is 5.07. The van der Waals surface area contributed by atoms with Crippen LogP contribution < -0.4 is 0 Å². The molecule has 308 valence electrons. The Kier molecular flexibility index (Phi) is 12.8. The molecule has 0 radical (unpaired) electrons. The van der Waals surface area contributed by atoms with E-state index in [-0.39, 0.29) is 40.8 Å². The number of nitrogens with zero attached hydrogens (tertiary/aromatic N) is 2. The van der Waals surface area contributed by atoms with Gasteiger partial charge in [0, 0.05) is 53.0 Å². The fourth-order valence-electron chi connectivity index (χ4n) is 13.2. The van der Waals surface area contributed by atoms with Gasteiger partial charge in [-0.3, -0.25) is 9.80 Å². The highest BCUT2D eigenvalue weighted by molar-refractivity contribution is 5.24. The van der Waals surface area contributed by atoms with E-state index in [1.54, 1.807) is 7.11 Å². The number of hydrogen-bond acceptors (Lipinski definition) is 9. The van der Waals surface area contributed by atoms with Gasteiger partial charge in [-0.1, -0.05) is 48.0 Å². The number of aliphatic hydroxyl groups excluding tert-OH is 1. The highest BCUT2D eigenvalue weighted by atomic mass is 16.7. The van der Waals surface area contributed by atoms with Gasteiger partial charge in [-0.2, -0.15) is 0 Å². The Morgan fingerprint density at radius 1 is 0.943 bits per heavy atom. The van der Waals surface area contributed by atoms with Crippen molar-refractivity contribution in [3.63, 3.8) is 0 Å². The number of hydrogen-bond donors (Lipinski definition) is 2. The lowest BCUT2D eigenvalue weighted by atomic mass is 9.52. The molecular formula is C44H80N2O7. The van der Waals surface area contributed by atoms with Gasteiger partial charge < -0.3 is 33.9 Å². The molecule has 6 fully saturated rings. The van der Waals surface area contributed by atoms with Gasteiger partial charge in [-0.15, -0.1) is 0 Å². The average Bonchev–Trinajstić information content (AvgIpc) is 3.75. The first-order valence-electron chi connectivity index (χ1n) is 21.8. The molecule has 2 heterocycles. The second-order valence-electron chi connectivity index (χ2n) is 20.6. The van der Waals surface area contributed by atoms with Crippen LogP contribution >= 0.6 is 0 Å². The maximum absolute atomic E-state index is 11.6. The van der Waals surface area contributed by atoms with Crippen LogP contribution in [0.1, 0.15) is 127 Å². The first-order valence-corrected chi connectivity index (χ1v) is 21.8. The van der Waals surface area contributed by atoms with Crippen molar-refractivity contribution in [3.05, 3.63) is 0 Å². The molecule has 9 heteroatoms. The second-order valence-corrected chi connectivity index (χ2v) is 20.6. The van der Waals surface area contributed by atoms with E-state index in [1.807, 2.05) is 20.8 Å². The van der Waals surface area contributed by atoms with Crippen LogP contribution in [0.2, 0.25) is 0 Å². The van der Waals surface area contributed by atoms with E-state index in [4.69, 9.17) is 23.7 Å². The third-order valence-electron chi connectivity index (χ3n) is 16.9. The first kappa shape index (κ1) is 42.3. The summed E-state index contributed by atoms with van der Waals surface area (Å²) in [5, 5.41) is 22.6. The Labute approximate surface area is 323 Å². The molecule has 1 spiro atoms. The van der Waals surface area contributed by atoms with E-state index in [0.717, 1.165) is 84.8 Å². The van der Waals surface area contributed by atoms with Crippen molar-refractivity contribution in [2.75, 3.05) is 72.8 Å². The summed E-state index contributed by atoms with van der Waals surface area (Å²) in [7, 11) is 1.75. The molecule has 53 heavy (non-hydrogen) atoms. The molecule has 2 aliphatic heterocycles. The normalized spacial score (nSPS) is 40.6. The van der Waals surface area contributed by atoms with E-state index >= 15 is 0 Å². The van der Waals surface area contributed by atoms with Crippen molar-refractivity contribution in [3.8, 4) is 0 Å². The van der Waals surface area contributed by atoms with E-state index in [0.29, 0.717) is 35.2 Å². The van der Waals surface area contributed by atoms with Crippen LogP contribution in [0, 0.1) is 44.8 Å². The lowest BCUT2D eigenvalue weighted by molar-refractivity contribution is -0.242. The lowest BCUT2D eigenvalue weighted by Crippen LogP contribution is -2.54. The van der Waals surface area contributed by atoms with Crippen molar-refractivity contribution >= 4 is 0 Å². The quantitative estimate of drug-likeness (QED) is 0.178. The fourth-order valence-corrected chi connectivity index (χ4v) is 13.2. The number of ether oxygens (including phenoxy) is 5. The van der Waals surface area contributed by atoms with Crippen LogP contribution in [0.25, 0.3) is 0 Å². The summed E-state index contributed by atoms with van der Waals surface area (Å²) in [5.41, 5.74) is -0.257. The molecule has 0 aromatic carbocycles. The predicted octanol–water partition coefficient (Wildman–Crippen LogP) is 6.77. The predicted molar refractivity (Wildman–Crippen MR) is 210 cm³/mol. The van der Waals surface area contributed by atoms with Crippen LogP contribution in [0.3, 0.4) is 0 Å². The van der Waals surface area contributed by atoms with Crippen molar-refractivity contribution in [2.24, 2.45) is 44.8 Å². The summed E-state index contributed by atoms with van der Waals surface area (Å²) in [5.74, 6) is 1.36. The minimum Gasteiger partial charge on any atom is -0.393 e. The Morgan fingerprint density at radius 2 is 1.64 bits per heavy atom. The van der Waals surface area contributed by atoms with E-state index < -0.39 is 11.7 Å². The maximum atomic E-state index is 11.6. The topological polar surface area (TPSA) is 93.1 Å². The second kappa shape index (κ2) is 16.1. The molecule has 0 bridgehead atoms. The van der Waals surface area contributed by atoms with Gasteiger partial charge in [0.15, 0.2) is 6.29 Å². The van der Waals surface area contributed by atoms with Crippen LogP contribution in [0.5, 0.6) is 0 Å². The standard InChI is InChI=1S/C44H80N2O7/c1-11-51-38(41(7,8)48)33(49-10)27-31(2)32-28-35(47)40(5,6)42(32,9)17-18-43-15-12-13-34-39(3,4)36(14-16-44(34,43)30-43)53-37-29-46(23-26-52-37)20-19-45-21-24-50-25-22-45/h31-38,47-48H,11-30H2,1-10H3/t31-,32-,33?,34+,35+,36+,37+,38+,42-,43+,44-/m1/s1. The molecule has 11 atom stereocenters. The molecule has 0 aromatic rings. The maximum Gasteiger partial charge on any atom is 0.170 e. The Hall–Kier alpha value is -0.360. The smallest absolute Gasteiger partial charge is 0.170 e. The highest BCUT2D eigenvalue weighted by Gasteiger charge is 2.75.